The van der Waals surface area contributed by atoms with Crippen molar-refractivity contribution in [3.63, 3.8) is 0 Å². The van der Waals surface area contributed by atoms with Gasteiger partial charge in [-0.3, -0.25) is 0 Å². The SMILES string of the molecule is CCNC(c1ccccc1)C(C)Oc1ccc(Cl)cc1. The molecule has 2 unspecified atom stereocenters. The molecule has 0 bridgehead atoms. The Hall–Kier alpha value is -1.51. The first-order valence-corrected chi connectivity index (χ1v) is 7.29. The molecule has 20 heavy (non-hydrogen) atoms. The van der Waals surface area contributed by atoms with Gasteiger partial charge >= 0.3 is 0 Å². The maximum absolute atomic E-state index is 6.02. The molecule has 0 heterocycles. The van der Waals surface area contributed by atoms with Crippen molar-refractivity contribution < 1.29 is 4.74 Å². The Morgan fingerprint density at radius 2 is 1.70 bits per heavy atom. The van der Waals surface area contributed by atoms with Crippen LogP contribution in [-0.2, 0) is 0 Å². The van der Waals surface area contributed by atoms with Gasteiger partial charge in [-0.15, -0.1) is 0 Å². The Morgan fingerprint density at radius 3 is 2.30 bits per heavy atom. The molecule has 0 aliphatic carbocycles. The average Bonchev–Trinajstić information content (AvgIpc) is 2.48. The average molecular weight is 290 g/mol. The molecule has 0 spiro atoms. The second-order valence-electron chi connectivity index (χ2n) is 4.72. The first-order valence-electron chi connectivity index (χ1n) is 6.91. The van der Waals surface area contributed by atoms with E-state index in [-0.39, 0.29) is 12.1 Å². The lowest BCUT2D eigenvalue weighted by atomic mass is 10.0. The molecule has 1 N–H and O–H groups in total. The normalized spacial score (nSPS) is 13.8. The van der Waals surface area contributed by atoms with Crippen LogP contribution >= 0.6 is 11.6 Å². The molecular weight excluding hydrogens is 270 g/mol. The Balaban J connectivity index is 2.11. The van der Waals surface area contributed by atoms with E-state index in [1.807, 2.05) is 30.3 Å². The molecule has 106 valence electrons. The van der Waals surface area contributed by atoms with E-state index >= 15 is 0 Å². The highest BCUT2D eigenvalue weighted by atomic mass is 35.5. The topological polar surface area (TPSA) is 21.3 Å². The summed E-state index contributed by atoms with van der Waals surface area (Å²) in [6.45, 7) is 5.08. The molecule has 0 fully saturated rings. The van der Waals surface area contributed by atoms with E-state index in [4.69, 9.17) is 16.3 Å². The van der Waals surface area contributed by atoms with Crippen LogP contribution in [0.4, 0.5) is 0 Å². The molecule has 0 aliphatic heterocycles. The van der Waals surface area contributed by atoms with E-state index in [0.717, 1.165) is 17.3 Å². The molecule has 2 aromatic rings. The summed E-state index contributed by atoms with van der Waals surface area (Å²) in [5, 5.41) is 4.20. The summed E-state index contributed by atoms with van der Waals surface area (Å²) < 4.78 is 6.02. The molecule has 3 heteroatoms. The molecule has 2 atom stereocenters. The van der Waals surface area contributed by atoms with Crippen LogP contribution in [0.15, 0.2) is 54.6 Å². The predicted molar refractivity (Wildman–Crippen MR) is 84.4 cm³/mol. The second-order valence-corrected chi connectivity index (χ2v) is 5.16. The summed E-state index contributed by atoms with van der Waals surface area (Å²) in [6.07, 6.45) is 0.0264. The Labute approximate surface area is 125 Å². The number of hydrogen-bond donors (Lipinski definition) is 1. The summed E-state index contributed by atoms with van der Waals surface area (Å²) in [5.74, 6) is 0.834. The van der Waals surface area contributed by atoms with Crippen LogP contribution in [0.25, 0.3) is 0 Å². The van der Waals surface area contributed by atoms with E-state index in [2.05, 4.69) is 43.4 Å². The zero-order chi connectivity index (χ0) is 14.4. The molecular formula is C17H20ClNO. The largest absolute Gasteiger partial charge is 0.489 e. The Bertz CT molecular complexity index is 512. The van der Waals surface area contributed by atoms with Gasteiger partial charge in [-0.1, -0.05) is 48.9 Å². The third kappa shape index (κ3) is 3.99. The third-order valence-electron chi connectivity index (χ3n) is 3.19. The lowest BCUT2D eigenvalue weighted by molar-refractivity contribution is 0.172. The van der Waals surface area contributed by atoms with Gasteiger partial charge in [0.2, 0.25) is 0 Å². The minimum atomic E-state index is 0.0264. The van der Waals surface area contributed by atoms with E-state index in [0.29, 0.717) is 0 Å². The number of halogens is 1. The summed E-state index contributed by atoms with van der Waals surface area (Å²) in [7, 11) is 0. The Kier molecular flexibility index (Phi) is 5.45. The van der Waals surface area contributed by atoms with E-state index in [1.54, 1.807) is 0 Å². The first kappa shape index (κ1) is 14.9. The van der Waals surface area contributed by atoms with Gasteiger partial charge in [-0.25, -0.2) is 0 Å². The fourth-order valence-electron chi connectivity index (χ4n) is 2.23. The van der Waals surface area contributed by atoms with Gasteiger partial charge in [-0.2, -0.15) is 0 Å². The third-order valence-corrected chi connectivity index (χ3v) is 3.44. The van der Waals surface area contributed by atoms with Crippen molar-refractivity contribution in [2.45, 2.75) is 26.0 Å². The highest BCUT2D eigenvalue weighted by Crippen LogP contribution is 2.23. The fraction of sp³-hybridized carbons (Fsp3) is 0.294. The van der Waals surface area contributed by atoms with Gasteiger partial charge in [0.1, 0.15) is 11.9 Å². The van der Waals surface area contributed by atoms with Gasteiger partial charge in [0.15, 0.2) is 0 Å². The van der Waals surface area contributed by atoms with Gasteiger partial charge < -0.3 is 10.1 Å². The smallest absolute Gasteiger partial charge is 0.119 e. The summed E-state index contributed by atoms with van der Waals surface area (Å²) in [6, 6.07) is 18.0. The van der Waals surface area contributed by atoms with E-state index < -0.39 is 0 Å². The monoisotopic (exact) mass is 289 g/mol. The van der Waals surface area contributed by atoms with Crippen molar-refractivity contribution >= 4 is 11.6 Å². The van der Waals surface area contributed by atoms with Gasteiger partial charge in [0.05, 0.1) is 6.04 Å². The molecule has 0 radical (unpaired) electrons. The van der Waals surface area contributed by atoms with Crippen molar-refractivity contribution in [3.05, 3.63) is 65.2 Å². The summed E-state index contributed by atoms with van der Waals surface area (Å²) in [4.78, 5) is 0. The minimum Gasteiger partial charge on any atom is -0.489 e. The van der Waals surface area contributed by atoms with Crippen molar-refractivity contribution in [1.82, 2.24) is 5.32 Å². The van der Waals surface area contributed by atoms with Crippen LogP contribution in [0, 0.1) is 0 Å². The number of nitrogens with one attached hydrogen (secondary N) is 1. The maximum atomic E-state index is 6.02. The van der Waals surface area contributed by atoms with Crippen molar-refractivity contribution in [3.8, 4) is 5.75 Å². The zero-order valence-corrected chi connectivity index (χ0v) is 12.6. The summed E-state index contributed by atoms with van der Waals surface area (Å²) >= 11 is 5.89. The van der Waals surface area contributed by atoms with E-state index in [1.165, 1.54) is 5.56 Å². The van der Waals surface area contributed by atoms with E-state index in [9.17, 15) is 0 Å². The highest BCUT2D eigenvalue weighted by molar-refractivity contribution is 6.30. The second kappa shape index (κ2) is 7.32. The number of hydrogen-bond acceptors (Lipinski definition) is 2. The Morgan fingerprint density at radius 1 is 1.05 bits per heavy atom. The molecule has 0 saturated heterocycles. The standard InChI is InChI=1S/C17H20ClNO/c1-3-19-17(14-7-5-4-6-8-14)13(2)20-16-11-9-15(18)10-12-16/h4-13,17,19H,3H2,1-2H3. The first-order chi connectivity index (χ1) is 9.70. The number of likely N-dealkylation sites (N-methyl/N-ethyl adjacent to an activating group) is 1. The van der Waals surface area contributed by atoms with Gasteiger partial charge in [0, 0.05) is 5.02 Å². The van der Waals surface area contributed by atoms with Crippen molar-refractivity contribution in [2.75, 3.05) is 6.54 Å². The van der Waals surface area contributed by atoms with Crippen LogP contribution in [-0.4, -0.2) is 12.6 Å². The molecule has 0 aliphatic rings. The fourth-order valence-corrected chi connectivity index (χ4v) is 2.36. The molecule has 2 aromatic carbocycles. The van der Waals surface area contributed by atoms with Gasteiger partial charge in [0.25, 0.3) is 0 Å². The number of benzene rings is 2. The predicted octanol–water partition coefficient (Wildman–Crippen LogP) is 4.46. The number of rotatable bonds is 6. The quantitative estimate of drug-likeness (QED) is 0.848. The van der Waals surface area contributed by atoms with Crippen LogP contribution in [0.1, 0.15) is 25.5 Å². The molecule has 0 amide bonds. The lowest BCUT2D eigenvalue weighted by Gasteiger charge is -2.26. The molecule has 0 aromatic heterocycles. The van der Waals surface area contributed by atoms with Crippen LogP contribution in [0.2, 0.25) is 5.02 Å². The lowest BCUT2D eigenvalue weighted by Crippen LogP contribution is -2.33. The van der Waals surface area contributed by atoms with Crippen LogP contribution in [0.5, 0.6) is 5.75 Å². The molecule has 0 saturated carbocycles. The number of ether oxygens (including phenoxy) is 1. The highest BCUT2D eigenvalue weighted by Gasteiger charge is 2.19. The maximum Gasteiger partial charge on any atom is 0.119 e. The van der Waals surface area contributed by atoms with Gasteiger partial charge in [-0.05, 0) is 43.3 Å². The minimum absolute atomic E-state index is 0.0264. The van der Waals surface area contributed by atoms with Crippen molar-refractivity contribution in [2.24, 2.45) is 0 Å². The zero-order valence-electron chi connectivity index (χ0n) is 11.8. The molecule has 2 nitrogen and oxygen atoms in total. The van der Waals surface area contributed by atoms with Crippen LogP contribution in [0.3, 0.4) is 0 Å². The van der Waals surface area contributed by atoms with Crippen LogP contribution < -0.4 is 10.1 Å². The summed E-state index contributed by atoms with van der Waals surface area (Å²) in [5.41, 5.74) is 1.23. The molecule has 2 rings (SSSR count). The van der Waals surface area contributed by atoms with Crippen molar-refractivity contribution in [1.29, 1.82) is 0 Å².